The van der Waals surface area contributed by atoms with Crippen molar-refractivity contribution < 1.29 is 26.4 Å². The Bertz CT molecular complexity index is 775. The summed E-state index contributed by atoms with van der Waals surface area (Å²) in [6.07, 6.45) is 0. The van der Waals surface area contributed by atoms with Gasteiger partial charge in [-0.1, -0.05) is 18.2 Å². The molecule has 0 bridgehead atoms. The van der Waals surface area contributed by atoms with Crippen LogP contribution in [0, 0.1) is 5.82 Å². The number of ketones is 1. The highest BCUT2D eigenvalue weighted by Gasteiger charge is 2.53. The van der Waals surface area contributed by atoms with Crippen LogP contribution in [0.3, 0.4) is 0 Å². The van der Waals surface area contributed by atoms with Crippen LogP contribution in [-0.2, 0) is 10.0 Å². The van der Waals surface area contributed by atoms with E-state index in [1.807, 2.05) is 0 Å². The van der Waals surface area contributed by atoms with Gasteiger partial charge in [-0.05, 0) is 36.4 Å². The number of benzene rings is 2. The molecular weight excluding hydrogens is 319 g/mol. The second-order valence-corrected chi connectivity index (χ2v) is 6.05. The van der Waals surface area contributed by atoms with Crippen molar-refractivity contribution in [1.82, 2.24) is 0 Å². The zero-order chi connectivity index (χ0) is 16.4. The predicted octanol–water partition coefficient (Wildman–Crippen LogP) is 3.04. The number of sulfonamides is 1. The fourth-order valence-corrected chi connectivity index (χ4v) is 2.55. The highest BCUT2D eigenvalue weighted by molar-refractivity contribution is 7.94. The zero-order valence-corrected chi connectivity index (χ0v) is 11.8. The van der Waals surface area contributed by atoms with E-state index in [1.54, 1.807) is 10.8 Å². The molecule has 4 nitrogen and oxygen atoms in total. The maximum absolute atomic E-state index is 14.0. The number of para-hydroxylation sites is 1. The summed E-state index contributed by atoms with van der Waals surface area (Å²) in [7, 11) is -5.30. The minimum atomic E-state index is -5.30. The Labute approximate surface area is 124 Å². The first kappa shape index (κ1) is 16.0. The van der Waals surface area contributed by atoms with E-state index in [1.165, 1.54) is 24.3 Å². The summed E-state index contributed by atoms with van der Waals surface area (Å²) in [5.74, 6) is -2.67. The first-order valence-corrected chi connectivity index (χ1v) is 7.48. The van der Waals surface area contributed by atoms with Gasteiger partial charge < -0.3 is 0 Å². The predicted molar refractivity (Wildman–Crippen MR) is 74.7 cm³/mol. The molecule has 0 saturated carbocycles. The van der Waals surface area contributed by atoms with Crippen molar-refractivity contribution in [3.05, 3.63) is 66.0 Å². The molecule has 116 valence electrons. The minimum Gasteiger partial charge on any atom is -0.286 e. The largest absolute Gasteiger partial charge is 0.425 e. The van der Waals surface area contributed by atoms with Gasteiger partial charge in [-0.25, -0.2) is 4.39 Å². The van der Waals surface area contributed by atoms with Gasteiger partial charge in [0.05, 0.1) is 0 Å². The second-order valence-electron chi connectivity index (χ2n) is 4.32. The third-order valence-electron chi connectivity index (χ3n) is 2.73. The number of rotatable bonds is 5. The lowest BCUT2D eigenvalue weighted by atomic mass is 10.1. The molecule has 0 radical (unpaired) electrons. The number of Topliss-reactive ketones (excluding diaryl/α,β-unsaturated/α-hetero) is 1. The Kier molecular flexibility index (Phi) is 4.23. The maximum Gasteiger partial charge on any atom is 0.425 e. The first-order valence-electron chi connectivity index (χ1n) is 5.99. The average Bonchev–Trinajstić information content (AvgIpc) is 2.47. The molecule has 22 heavy (non-hydrogen) atoms. The van der Waals surface area contributed by atoms with Gasteiger partial charge in [0, 0.05) is 11.3 Å². The fraction of sp³-hybridized carbons (Fsp3) is 0.0714. The summed E-state index contributed by atoms with van der Waals surface area (Å²) >= 11 is 0. The molecule has 0 aromatic heterocycles. The molecule has 0 aliphatic heterocycles. The molecule has 0 atom stereocenters. The Balaban J connectivity index is 2.31. The molecule has 0 heterocycles. The Morgan fingerprint density at radius 3 is 2.05 bits per heavy atom. The number of anilines is 1. The molecule has 0 amide bonds. The third kappa shape index (κ3) is 3.11. The Morgan fingerprint density at radius 2 is 1.50 bits per heavy atom. The van der Waals surface area contributed by atoms with E-state index in [0.29, 0.717) is 0 Å². The molecule has 0 saturated heterocycles. The van der Waals surface area contributed by atoms with Crippen LogP contribution in [0.15, 0.2) is 54.6 Å². The summed E-state index contributed by atoms with van der Waals surface area (Å²) in [6.45, 7) is 0. The number of nitrogens with one attached hydrogen (secondary N) is 1. The Hall–Kier alpha value is -2.35. The van der Waals surface area contributed by atoms with Gasteiger partial charge in [-0.2, -0.15) is 17.2 Å². The average molecular weight is 329 g/mol. The van der Waals surface area contributed by atoms with Gasteiger partial charge in [0.15, 0.2) is 0 Å². The van der Waals surface area contributed by atoms with Crippen LogP contribution in [-0.4, -0.2) is 19.5 Å². The molecular formula is C14H10F3NO3S. The number of carbonyl (C=O) groups excluding carboxylic acids is 1. The fourth-order valence-electron chi connectivity index (χ4n) is 1.62. The number of carbonyl (C=O) groups is 1. The second kappa shape index (κ2) is 5.80. The topological polar surface area (TPSA) is 63.2 Å². The summed E-state index contributed by atoms with van der Waals surface area (Å²) in [5.41, 5.74) is -0.709. The highest BCUT2D eigenvalue weighted by atomic mass is 32.2. The quantitative estimate of drug-likeness (QED) is 0.858. The van der Waals surface area contributed by atoms with Crippen LogP contribution in [0.2, 0.25) is 0 Å². The number of alkyl halides is 2. The van der Waals surface area contributed by atoms with Crippen LogP contribution in [0.25, 0.3) is 0 Å². The van der Waals surface area contributed by atoms with Gasteiger partial charge in [0.2, 0.25) is 5.78 Å². The van der Waals surface area contributed by atoms with Crippen LogP contribution >= 0.6 is 0 Å². The summed E-state index contributed by atoms with van der Waals surface area (Å²) in [4.78, 5) is 11.7. The Morgan fingerprint density at radius 1 is 0.955 bits per heavy atom. The van der Waals surface area contributed by atoms with E-state index in [4.69, 9.17) is 0 Å². The van der Waals surface area contributed by atoms with Crippen LogP contribution in [0.1, 0.15) is 10.4 Å². The van der Waals surface area contributed by atoms with E-state index < -0.39 is 32.4 Å². The van der Waals surface area contributed by atoms with Crippen molar-refractivity contribution in [3.8, 4) is 0 Å². The number of halogens is 3. The molecule has 0 spiro atoms. The summed E-state index contributed by atoms with van der Waals surface area (Å²) in [6, 6.07) is 10.1. The van der Waals surface area contributed by atoms with E-state index >= 15 is 0 Å². The molecule has 0 aliphatic carbocycles. The lowest BCUT2D eigenvalue weighted by Crippen LogP contribution is -2.41. The molecule has 8 heteroatoms. The van der Waals surface area contributed by atoms with Gasteiger partial charge in [0.1, 0.15) is 5.82 Å². The number of hydrogen-bond acceptors (Lipinski definition) is 3. The van der Waals surface area contributed by atoms with E-state index in [0.717, 1.165) is 24.3 Å². The van der Waals surface area contributed by atoms with Crippen molar-refractivity contribution in [1.29, 1.82) is 0 Å². The first-order chi connectivity index (χ1) is 10.2. The van der Waals surface area contributed by atoms with E-state index in [2.05, 4.69) is 0 Å². The minimum absolute atomic E-state index is 0.103. The van der Waals surface area contributed by atoms with Gasteiger partial charge in [-0.15, -0.1) is 0 Å². The third-order valence-corrected chi connectivity index (χ3v) is 4.10. The van der Waals surface area contributed by atoms with E-state index in [-0.39, 0.29) is 5.69 Å². The standard InChI is InChI=1S/C14H10F3NO3S/c15-11-8-6-10(7-9-11)13(19)14(16,17)22(20,21)18-12-4-2-1-3-5-12/h1-9,18H. The molecule has 0 unspecified atom stereocenters. The highest BCUT2D eigenvalue weighted by Crippen LogP contribution is 2.28. The smallest absolute Gasteiger partial charge is 0.286 e. The lowest BCUT2D eigenvalue weighted by molar-refractivity contribution is 0.0529. The molecule has 0 aliphatic rings. The summed E-state index contributed by atoms with van der Waals surface area (Å²) < 4.78 is 65.8. The van der Waals surface area contributed by atoms with Crippen LogP contribution in [0.5, 0.6) is 0 Å². The van der Waals surface area contributed by atoms with Crippen molar-refractivity contribution in [2.45, 2.75) is 5.25 Å². The van der Waals surface area contributed by atoms with Gasteiger partial charge in [-0.3, -0.25) is 9.52 Å². The van der Waals surface area contributed by atoms with Crippen molar-refractivity contribution in [2.75, 3.05) is 4.72 Å². The maximum atomic E-state index is 14.0. The van der Waals surface area contributed by atoms with Crippen molar-refractivity contribution >= 4 is 21.5 Å². The molecule has 2 aromatic rings. The van der Waals surface area contributed by atoms with Crippen LogP contribution in [0.4, 0.5) is 18.9 Å². The molecule has 1 N–H and O–H groups in total. The summed E-state index contributed by atoms with van der Waals surface area (Å²) in [5, 5.41) is -4.69. The van der Waals surface area contributed by atoms with Crippen molar-refractivity contribution in [3.63, 3.8) is 0 Å². The molecule has 2 rings (SSSR count). The van der Waals surface area contributed by atoms with Crippen molar-refractivity contribution in [2.24, 2.45) is 0 Å². The molecule has 2 aromatic carbocycles. The normalized spacial score (nSPS) is 12.0. The SMILES string of the molecule is O=C(c1ccc(F)cc1)C(F)(F)S(=O)(=O)Nc1ccccc1. The number of hydrogen-bond donors (Lipinski definition) is 1. The zero-order valence-electron chi connectivity index (χ0n) is 11.0. The lowest BCUT2D eigenvalue weighted by Gasteiger charge is -2.17. The monoisotopic (exact) mass is 329 g/mol. The van der Waals surface area contributed by atoms with Crippen LogP contribution < -0.4 is 4.72 Å². The van der Waals surface area contributed by atoms with E-state index in [9.17, 15) is 26.4 Å². The molecule has 0 fully saturated rings. The van der Waals surface area contributed by atoms with Gasteiger partial charge in [0.25, 0.3) is 0 Å². The van der Waals surface area contributed by atoms with Gasteiger partial charge >= 0.3 is 15.3 Å².